The van der Waals surface area contributed by atoms with Crippen molar-refractivity contribution in [1.29, 1.82) is 0 Å². The van der Waals surface area contributed by atoms with E-state index in [9.17, 15) is 14.9 Å². The Balaban J connectivity index is 0.00000240. The van der Waals surface area contributed by atoms with Crippen LogP contribution in [0.15, 0.2) is 24.4 Å². The number of amides is 1. The molecule has 3 N–H and O–H groups in total. The normalized spacial score (nSPS) is 14.5. The Kier molecular flexibility index (Phi) is 6.14. The van der Waals surface area contributed by atoms with Crippen molar-refractivity contribution in [1.82, 2.24) is 25.1 Å². The summed E-state index contributed by atoms with van der Waals surface area (Å²) in [5, 5.41) is 22.2. The highest BCUT2D eigenvalue weighted by Crippen LogP contribution is 2.25. The molecule has 0 spiro atoms. The number of aromatic nitrogens is 4. The van der Waals surface area contributed by atoms with Crippen LogP contribution in [0.1, 0.15) is 30.1 Å². The number of carbonyl (C=O) groups is 1. The smallest absolute Gasteiger partial charge is 0.270 e. The standard InChI is InChI=1S/C18H21N7O3.ClH/c1-24-18(22-17(23-24)11-4-6-19-7-5-11)21-16(26)8-12-10-20-15-3-2-13(25(27)28)9-14(12)15;/h2-3,9-11,19-20H,4-8H2,1H3,(H,21,22,23,26);1H. The number of rotatable bonds is 5. The molecule has 0 saturated carbocycles. The van der Waals surface area contributed by atoms with Crippen molar-refractivity contribution in [2.45, 2.75) is 25.2 Å². The number of nitrogens with zero attached hydrogens (tertiary/aromatic N) is 4. The van der Waals surface area contributed by atoms with Gasteiger partial charge in [-0.2, -0.15) is 10.1 Å². The first-order valence-corrected chi connectivity index (χ1v) is 9.17. The first kappa shape index (κ1) is 20.7. The molecule has 0 aliphatic carbocycles. The van der Waals surface area contributed by atoms with Crippen LogP contribution in [-0.4, -0.2) is 43.7 Å². The number of halogens is 1. The molecular weight excluding hydrogens is 398 g/mol. The number of aromatic amines is 1. The maximum Gasteiger partial charge on any atom is 0.270 e. The topological polar surface area (TPSA) is 131 Å². The maximum absolute atomic E-state index is 12.5. The van der Waals surface area contributed by atoms with Gasteiger partial charge in [0.1, 0.15) is 0 Å². The van der Waals surface area contributed by atoms with E-state index in [1.807, 2.05) is 0 Å². The van der Waals surface area contributed by atoms with Crippen LogP contribution in [-0.2, 0) is 18.3 Å². The van der Waals surface area contributed by atoms with Gasteiger partial charge < -0.3 is 10.3 Å². The van der Waals surface area contributed by atoms with Gasteiger partial charge in [0.15, 0.2) is 5.82 Å². The van der Waals surface area contributed by atoms with E-state index >= 15 is 0 Å². The molecule has 1 amide bonds. The highest BCUT2D eigenvalue weighted by molar-refractivity contribution is 5.95. The molecule has 3 aromatic rings. The van der Waals surface area contributed by atoms with Crippen LogP contribution in [0.3, 0.4) is 0 Å². The second-order valence-electron chi connectivity index (χ2n) is 6.97. The minimum absolute atomic E-state index is 0. The lowest BCUT2D eigenvalue weighted by atomic mass is 9.98. The molecule has 29 heavy (non-hydrogen) atoms. The largest absolute Gasteiger partial charge is 0.361 e. The molecule has 0 atom stereocenters. The number of hydrogen-bond donors (Lipinski definition) is 3. The second kappa shape index (κ2) is 8.58. The van der Waals surface area contributed by atoms with E-state index in [0.717, 1.165) is 37.3 Å². The summed E-state index contributed by atoms with van der Waals surface area (Å²) in [7, 11) is 1.75. The van der Waals surface area contributed by atoms with Crippen molar-refractivity contribution in [3.05, 3.63) is 45.9 Å². The molecule has 154 valence electrons. The zero-order chi connectivity index (χ0) is 19.7. The van der Waals surface area contributed by atoms with E-state index in [2.05, 4.69) is 25.7 Å². The Morgan fingerprint density at radius 1 is 1.38 bits per heavy atom. The number of anilines is 1. The summed E-state index contributed by atoms with van der Waals surface area (Å²) in [5.74, 6) is 1.21. The lowest BCUT2D eigenvalue weighted by Crippen LogP contribution is -2.27. The highest BCUT2D eigenvalue weighted by Gasteiger charge is 2.21. The van der Waals surface area contributed by atoms with E-state index in [1.165, 1.54) is 12.1 Å². The van der Waals surface area contributed by atoms with Gasteiger partial charge in [-0.1, -0.05) is 0 Å². The molecule has 0 radical (unpaired) electrons. The van der Waals surface area contributed by atoms with E-state index in [4.69, 9.17) is 0 Å². The maximum atomic E-state index is 12.5. The van der Waals surface area contributed by atoms with Crippen LogP contribution in [0.4, 0.5) is 11.6 Å². The molecule has 11 heteroatoms. The number of non-ortho nitro benzene ring substituents is 1. The quantitative estimate of drug-likeness (QED) is 0.429. The highest BCUT2D eigenvalue weighted by atomic mass is 35.5. The number of piperidine rings is 1. The number of nitrogens with one attached hydrogen (secondary N) is 3. The van der Waals surface area contributed by atoms with Gasteiger partial charge in [-0.25, -0.2) is 4.68 Å². The van der Waals surface area contributed by atoms with Crippen molar-refractivity contribution in [3.8, 4) is 0 Å². The fraction of sp³-hybridized carbons (Fsp3) is 0.389. The summed E-state index contributed by atoms with van der Waals surface area (Å²) in [4.78, 5) is 30.6. The third-order valence-electron chi connectivity index (χ3n) is 5.05. The van der Waals surface area contributed by atoms with Crippen LogP contribution < -0.4 is 10.6 Å². The van der Waals surface area contributed by atoms with Gasteiger partial charge in [0, 0.05) is 42.2 Å². The summed E-state index contributed by atoms with van der Waals surface area (Å²) in [6.45, 7) is 1.88. The third-order valence-corrected chi connectivity index (χ3v) is 5.05. The number of H-pyrrole nitrogens is 1. The van der Waals surface area contributed by atoms with E-state index in [-0.39, 0.29) is 30.4 Å². The molecule has 1 fully saturated rings. The molecule has 0 bridgehead atoms. The Hall–Kier alpha value is -2.98. The van der Waals surface area contributed by atoms with Crippen LogP contribution in [0, 0.1) is 10.1 Å². The predicted octanol–water partition coefficient (Wildman–Crippen LogP) is 2.27. The van der Waals surface area contributed by atoms with Crippen LogP contribution in [0.2, 0.25) is 0 Å². The van der Waals surface area contributed by atoms with E-state index in [0.29, 0.717) is 22.8 Å². The summed E-state index contributed by atoms with van der Waals surface area (Å²) >= 11 is 0. The van der Waals surface area contributed by atoms with Gasteiger partial charge in [0.25, 0.3) is 5.69 Å². The number of benzene rings is 1. The van der Waals surface area contributed by atoms with E-state index in [1.54, 1.807) is 24.0 Å². The molecule has 1 saturated heterocycles. The number of aryl methyl sites for hydroxylation is 1. The number of nitro groups is 1. The number of nitro benzene ring substituents is 1. The summed E-state index contributed by atoms with van der Waals surface area (Å²) in [6, 6.07) is 4.55. The summed E-state index contributed by atoms with van der Waals surface area (Å²) < 4.78 is 1.58. The Bertz CT molecular complexity index is 1040. The van der Waals surface area contributed by atoms with Crippen molar-refractivity contribution in [2.24, 2.45) is 7.05 Å². The summed E-state index contributed by atoms with van der Waals surface area (Å²) in [6.07, 6.45) is 3.73. The zero-order valence-corrected chi connectivity index (χ0v) is 16.7. The first-order chi connectivity index (χ1) is 13.5. The van der Waals surface area contributed by atoms with Crippen molar-refractivity contribution < 1.29 is 9.72 Å². The molecule has 0 unspecified atom stereocenters. The van der Waals surface area contributed by atoms with Gasteiger partial charge >= 0.3 is 0 Å². The SMILES string of the molecule is Cl.Cn1nc(C2CCNCC2)nc1NC(=O)Cc1c[nH]c2ccc([N+](=O)[O-])cc12. The molecular formula is C18H22ClN7O3. The Morgan fingerprint density at radius 3 is 2.86 bits per heavy atom. The fourth-order valence-corrected chi connectivity index (χ4v) is 3.53. The van der Waals surface area contributed by atoms with Crippen molar-refractivity contribution >= 4 is 40.9 Å². The van der Waals surface area contributed by atoms with E-state index < -0.39 is 4.92 Å². The Labute approximate surface area is 172 Å². The molecule has 1 aliphatic heterocycles. The minimum atomic E-state index is -0.446. The first-order valence-electron chi connectivity index (χ1n) is 9.17. The van der Waals surface area contributed by atoms with Crippen molar-refractivity contribution in [3.63, 3.8) is 0 Å². The molecule has 10 nitrogen and oxygen atoms in total. The van der Waals surface area contributed by atoms with Crippen LogP contribution >= 0.6 is 12.4 Å². The third kappa shape index (κ3) is 4.38. The molecule has 2 aromatic heterocycles. The average molecular weight is 420 g/mol. The second-order valence-corrected chi connectivity index (χ2v) is 6.97. The molecule has 1 aliphatic rings. The average Bonchev–Trinajstić information content (AvgIpc) is 3.26. The van der Waals surface area contributed by atoms with Gasteiger partial charge in [-0.05, 0) is 37.6 Å². The number of fused-ring (bicyclic) bond motifs is 1. The van der Waals surface area contributed by atoms with Gasteiger partial charge in [-0.3, -0.25) is 20.2 Å². The summed E-state index contributed by atoms with van der Waals surface area (Å²) in [5.41, 5.74) is 1.44. The number of hydrogen-bond acceptors (Lipinski definition) is 6. The minimum Gasteiger partial charge on any atom is -0.361 e. The molecule has 1 aromatic carbocycles. The van der Waals surface area contributed by atoms with Crippen molar-refractivity contribution in [2.75, 3.05) is 18.4 Å². The zero-order valence-electron chi connectivity index (χ0n) is 15.8. The van der Waals surface area contributed by atoms with Crippen LogP contribution in [0.25, 0.3) is 10.9 Å². The Morgan fingerprint density at radius 2 is 2.14 bits per heavy atom. The van der Waals surface area contributed by atoms with Gasteiger partial charge in [-0.15, -0.1) is 12.4 Å². The van der Waals surface area contributed by atoms with Gasteiger partial charge in [0.2, 0.25) is 11.9 Å². The molecule has 4 rings (SSSR count). The van der Waals surface area contributed by atoms with Crippen LogP contribution in [0.5, 0.6) is 0 Å². The fourth-order valence-electron chi connectivity index (χ4n) is 3.53. The number of carbonyl (C=O) groups excluding carboxylic acids is 1. The lowest BCUT2D eigenvalue weighted by molar-refractivity contribution is -0.384. The monoisotopic (exact) mass is 419 g/mol. The molecule has 3 heterocycles. The van der Waals surface area contributed by atoms with Gasteiger partial charge in [0.05, 0.1) is 11.3 Å². The lowest BCUT2D eigenvalue weighted by Gasteiger charge is -2.19. The predicted molar refractivity (Wildman–Crippen MR) is 110 cm³/mol.